The van der Waals surface area contributed by atoms with E-state index in [-0.39, 0.29) is 0 Å². The Morgan fingerprint density at radius 2 is 2.12 bits per heavy atom. The van der Waals surface area contributed by atoms with Gasteiger partial charge in [-0.3, -0.25) is 4.98 Å². The van der Waals surface area contributed by atoms with Gasteiger partial charge in [0.25, 0.3) is 0 Å². The molecule has 2 aromatic rings. The van der Waals surface area contributed by atoms with E-state index >= 15 is 0 Å². The number of hydrogen-bond acceptors (Lipinski definition) is 2. The fourth-order valence-corrected chi connectivity index (χ4v) is 2.27. The maximum atomic E-state index is 6.34. The number of rotatable bonds is 2. The van der Waals surface area contributed by atoms with E-state index in [1.165, 1.54) is 19.3 Å². The van der Waals surface area contributed by atoms with Gasteiger partial charge in [-0.1, -0.05) is 23.7 Å². The average Bonchev–Trinajstić information content (AvgIpc) is 2.26. The summed E-state index contributed by atoms with van der Waals surface area (Å²) in [6.45, 7) is 0. The summed E-state index contributed by atoms with van der Waals surface area (Å²) in [6, 6.07) is 8.66. The molecular weight excluding hydrogens is 220 g/mol. The number of benzene rings is 1. The lowest BCUT2D eigenvalue weighted by Gasteiger charge is -2.28. The Hall–Kier alpha value is -1.28. The van der Waals surface area contributed by atoms with E-state index in [4.69, 9.17) is 11.6 Å². The van der Waals surface area contributed by atoms with Crippen molar-refractivity contribution in [3.63, 3.8) is 0 Å². The van der Waals surface area contributed by atoms with Gasteiger partial charge >= 0.3 is 0 Å². The normalized spacial score (nSPS) is 16.1. The van der Waals surface area contributed by atoms with Crippen LogP contribution in [0, 0.1) is 0 Å². The minimum atomic E-state index is 0.596. The number of fused-ring (bicyclic) bond motifs is 1. The predicted molar refractivity (Wildman–Crippen MR) is 68.0 cm³/mol. The minimum absolute atomic E-state index is 0.596. The molecule has 3 rings (SSSR count). The van der Waals surface area contributed by atoms with Gasteiger partial charge < -0.3 is 5.32 Å². The molecule has 1 aliphatic rings. The summed E-state index contributed by atoms with van der Waals surface area (Å²) in [5.74, 6) is 0. The first-order valence-electron chi connectivity index (χ1n) is 5.64. The lowest BCUT2D eigenvalue weighted by atomic mass is 9.93. The van der Waals surface area contributed by atoms with Crippen LogP contribution < -0.4 is 5.32 Å². The summed E-state index contributed by atoms with van der Waals surface area (Å²) in [5, 5.41) is 5.30. The van der Waals surface area contributed by atoms with Gasteiger partial charge in [0.05, 0.1) is 16.2 Å². The summed E-state index contributed by atoms with van der Waals surface area (Å²) in [5.41, 5.74) is 1.89. The number of hydrogen-bond donors (Lipinski definition) is 1. The van der Waals surface area contributed by atoms with E-state index < -0.39 is 0 Å². The molecule has 1 fully saturated rings. The van der Waals surface area contributed by atoms with Crippen molar-refractivity contribution in [2.75, 3.05) is 5.32 Å². The lowest BCUT2D eigenvalue weighted by Crippen LogP contribution is -2.27. The number of nitrogens with zero attached hydrogens (tertiary/aromatic N) is 1. The zero-order valence-electron chi connectivity index (χ0n) is 8.91. The molecule has 3 heteroatoms. The molecule has 1 aliphatic carbocycles. The summed E-state index contributed by atoms with van der Waals surface area (Å²) in [7, 11) is 0. The fourth-order valence-electron chi connectivity index (χ4n) is 1.99. The molecule has 1 saturated carbocycles. The van der Waals surface area contributed by atoms with Gasteiger partial charge in [-0.2, -0.15) is 0 Å². The SMILES string of the molecule is Clc1c(NC2CCC2)ccc2cccnc12. The number of halogens is 1. The van der Waals surface area contributed by atoms with Gasteiger partial charge in [-0.15, -0.1) is 0 Å². The lowest BCUT2D eigenvalue weighted by molar-refractivity contribution is 0.445. The second-order valence-electron chi connectivity index (χ2n) is 4.27. The van der Waals surface area contributed by atoms with Crippen LogP contribution >= 0.6 is 11.6 Å². The molecule has 0 saturated heterocycles. The molecule has 0 atom stereocenters. The van der Waals surface area contributed by atoms with Gasteiger partial charge in [0.1, 0.15) is 0 Å². The number of aromatic nitrogens is 1. The topological polar surface area (TPSA) is 24.9 Å². The molecule has 0 amide bonds. The second kappa shape index (κ2) is 3.95. The Balaban J connectivity index is 2.01. The smallest absolute Gasteiger partial charge is 0.0909 e. The van der Waals surface area contributed by atoms with E-state index in [2.05, 4.69) is 16.4 Å². The Morgan fingerprint density at radius 3 is 2.88 bits per heavy atom. The van der Waals surface area contributed by atoms with Crippen molar-refractivity contribution in [3.8, 4) is 0 Å². The van der Waals surface area contributed by atoms with Crippen LogP contribution in [0.4, 0.5) is 5.69 Å². The van der Waals surface area contributed by atoms with Crippen LogP contribution in [0.1, 0.15) is 19.3 Å². The molecule has 0 aliphatic heterocycles. The van der Waals surface area contributed by atoms with Crippen LogP contribution in [0.25, 0.3) is 10.9 Å². The number of anilines is 1. The van der Waals surface area contributed by atoms with E-state index in [0.717, 1.165) is 21.6 Å². The highest BCUT2D eigenvalue weighted by Crippen LogP contribution is 2.32. The molecule has 1 aromatic carbocycles. The molecule has 0 spiro atoms. The molecule has 0 bridgehead atoms. The summed E-state index contributed by atoms with van der Waals surface area (Å²) >= 11 is 6.34. The van der Waals surface area contributed by atoms with Crippen molar-refractivity contribution in [3.05, 3.63) is 35.5 Å². The van der Waals surface area contributed by atoms with Crippen molar-refractivity contribution >= 4 is 28.2 Å². The van der Waals surface area contributed by atoms with Crippen molar-refractivity contribution in [1.82, 2.24) is 4.98 Å². The zero-order valence-corrected chi connectivity index (χ0v) is 9.67. The van der Waals surface area contributed by atoms with Crippen molar-refractivity contribution in [1.29, 1.82) is 0 Å². The molecule has 1 N–H and O–H groups in total. The second-order valence-corrected chi connectivity index (χ2v) is 4.65. The molecule has 16 heavy (non-hydrogen) atoms. The van der Waals surface area contributed by atoms with Gasteiger partial charge in [0, 0.05) is 17.6 Å². The van der Waals surface area contributed by atoms with Gasteiger partial charge in [-0.05, 0) is 31.4 Å². The first-order chi connectivity index (χ1) is 7.84. The van der Waals surface area contributed by atoms with Crippen LogP contribution in [-0.2, 0) is 0 Å². The summed E-state index contributed by atoms with van der Waals surface area (Å²) in [6.07, 6.45) is 5.59. The summed E-state index contributed by atoms with van der Waals surface area (Å²) in [4.78, 5) is 4.32. The summed E-state index contributed by atoms with van der Waals surface area (Å²) < 4.78 is 0. The first kappa shape index (κ1) is 9.91. The maximum absolute atomic E-state index is 6.34. The van der Waals surface area contributed by atoms with Crippen LogP contribution in [-0.4, -0.2) is 11.0 Å². The van der Waals surface area contributed by atoms with Crippen molar-refractivity contribution in [2.45, 2.75) is 25.3 Å². The minimum Gasteiger partial charge on any atom is -0.381 e. The first-order valence-corrected chi connectivity index (χ1v) is 6.02. The Labute approximate surface area is 99.6 Å². The van der Waals surface area contributed by atoms with E-state index in [9.17, 15) is 0 Å². The highest BCUT2D eigenvalue weighted by atomic mass is 35.5. The van der Waals surface area contributed by atoms with Crippen LogP contribution in [0.15, 0.2) is 30.5 Å². The predicted octanol–water partition coefficient (Wildman–Crippen LogP) is 3.85. The third kappa shape index (κ3) is 1.63. The van der Waals surface area contributed by atoms with Crippen LogP contribution in [0.2, 0.25) is 5.02 Å². The molecular formula is C13H13ClN2. The Morgan fingerprint density at radius 1 is 1.25 bits per heavy atom. The van der Waals surface area contributed by atoms with Gasteiger partial charge in [-0.25, -0.2) is 0 Å². The Bertz CT molecular complexity index is 520. The Kier molecular flexibility index (Phi) is 2.44. The molecule has 1 heterocycles. The van der Waals surface area contributed by atoms with E-state index in [1.54, 1.807) is 6.20 Å². The van der Waals surface area contributed by atoms with Crippen LogP contribution in [0.3, 0.4) is 0 Å². The number of nitrogens with one attached hydrogen (secondary N) is 1. The monoisotopic (exact) mass is 232 g/mol. The van der Waals surface area contributed by atoms with Crippen molar-refractivity contribution < 1.29 is 0 Å². The fraction of sp³-hybridized carbons (Fsp3) is 0.308. The standard InChI is InChI=1S/C13H13ClN2/c14-12-11(16-10-4-1-5-10)7-6-9-3-2-8-15-13(9)12/h2-3,6-8,10,16H,1,4-5H2. The van der Waals surface area contributed by atoms with Gasteiger partial charge in [0.2, 0.25) is 0 Å². The third-order valence-electron chi connectivity index (χ3n) is 3.18. The quantitative estimate of drug-likeness (QED) is 0.851. The molecule has 0 radical (unpaired) electrons. The highest BCUT2D eigenvalue weighted by Gasteiger charge is 2.18. The highest BCUT2D eigenvalue weighted by molar-refractivity contribution is 6.37. The largest absolute Gasteiger partial charge is 0.381 e. The van der Waals surface area contributed by atoms with E-state index in [0.29, 0.717) is 6.04 Å². The molecule has 0 unspecified atom stereocenters. The van der Waals surface area contributed by atoms with Crippen molar-refractivity contribution in [2.24, 2.45) is 0 Å². The van der Waals surface area contributed by atoms with Crippen LogP contribution in [0.5, 0.6) is 0 Å². The van der Waals surface area contributed by atoms with E-state index in [1.807, 2.05) is 18.2 Å². The third-order valence-corrected chi connectivity index (χ3v) is 3.56. The average molecular weight is 233 g/mol. The molecule has 1 aromatic heterocycles. The molecule has 82 valence electrons. The maximum Gasteiger partial charge on any atom is 0.0909 e. The molecule has 2 nitrogen and oxygen atoms in total. The zero-order chi connectivity index (χ0) is 11.0. The number of pyridine rings is 1. The van der Waals surface area contributed by atoms with Gasteiger partial charge in [0.15, 0.2) is 0 Å².